The quantitative estimate of drug-likeness (QED) is 0.582. The maximum absolute atomic E-state index is 10.9. The van der Waals surface area contributed by atoms with Gasteiger partial charge in [-0.15, -0.1) is 5.10 Å². The fourth-order valence-electron chi connectivity index (χ4n) is 1.42. The van der Waals surface area contributed by atoms with Gasteiger partial charge < -0.3 is 20.8 Å². The summed E-state index contributed by atoms with van der Waals surface area (Å²) in [5.41, 5.74) is 5.35. The summed E-state index contributed by atoms with van der Waals surface area (Å²) >= 11 is 0. The van der Waals surface area contributed by atoms with Gasteiger partial charge in [-0.05, 0) is 0 Å². The Balaban J connectivity index is 1.90. The molecule has 1 aromatic rings. The van der Waals surface area contributed by atoms with Gasteiger partial charge >= 0.3 is 6.01 Å². The van der Waals surface area contributed by atoms with E-state index in [0.29, 0.717) is 37.8 Å². The maximum Gasteiger partial charge on any atom is 0.315 e. The Morgan fingerprint density at radius 2 is 2.47 bits per heavy atom. The van der Waals surface area contributed by atoms with E-state index in [4.69, 9.17) is 10.2 Å². The molecule has 15 heavy (non-hydrogen) atoms. The molecule has 4 N–H and O–H groups in total. The summed E-state index contributed by atoms with van der Waals surface area (Å²) in [6.45, 7) is 1.07. The van der Waals surface area contributed by atoms with E-state index < -0.39 is 0 Å². The van der Waals surface area contributed by atoms with Crippen LogP contribution in [0, 0.1) is 0 Å². The summed E-state index contributed by atoms with van der Waals surface area (Å²) in [6, 6.07) is 0.378. The lowest BCUT2D eigenvalue weighted by molar-refractivity contribution is -0.119. The van der Waals surface area contributed by atoms with Gasteiger partial charge in [-0.2, -0.15) is 0 Å². The van der Waals surface area contributed by atoms with Crippen LogP contribution in [0.3, 0.4) is 0 Å². The lowest BCUT2D eigenvalue weighted by Gasteiger charge is -2.05. The van der Waals surface area contributed by atoms with Crippen molar-refractivity contribution in [1.29, 1.82) is 0 Å². The number of carbonyl (C=O) groups is 1. The highest BCUT2D eigenvalue weighted by atomic mass is 16.4. The normalized spacial score (nSPS) is 20.3. The SMILES string of the molecule is NCCc1nnc(NC2CNC(=O)C2)o1. The minimum atomic E-state index is 0.0312. The predicted molar refractivity (Wildman–Crippen MR) is 52.1 cm³/mol. The van der Waals surface area contributed by atoms with Gasteiger partial charge in [0.05, 0.1) is 6.04 Å². The van der Waals surface area contributed by atoms with Gasteiger partial charge in [0.2, 0.25) is 11.8 Å². The van der Waals surface area contributed by atoms with Crippen LogP contribution in [0.5, 0.6) is 0 Å². The Morgan fingerprint density at radius 3 is 3.13 bits per heavy atom. The third-order valence-electron chi connectivity index (χ3n) is 2.13. The van der Waals surface area contributed by atoms with Crippen LogP contribution in [0.15, 0.2) is 4.42 Å². The summed E-state index contributed by atoms with van der Waals surface area (Å²) in [5.74, 6) is 0.548. The molecule has 1 aromatic heterocycles. The second kappa shape index (κ2) is 4.26. The highest BCUT2D eigenvalue weighted by Gasteiger charge is 2.22. The number of nitrogens with two attached hydrogens (primary N) is 1. The first-order chi connectivity index (χ1) is 7.28. The maximum atomic E-state index is 10.9. The minimum absolute atomic E-state index is 0.0312. The van der Waals surface area contributed by atoms with Crippen molar-refractivity contribution in [3.05, 3.63) is 5.89 Å². The van der Waals surface area contributed by atoms with Gasteiger partial charge in [-0.3, -0.25) is 4.79 Å². The molecule has 1 atom stereocenters. The van der Waals surface area contributed by atoms with Crippen LogP contribution in [0.25, 0.3) is 0 Å². The fraction of sp³-hybridized carbons (Fsp3) is 0.625. The Hall–Kier alpha value is -1.63. The molecule has 1 aliphatic rings. The van der Waals surface area contributed by atoms with Crippen LogP contribution in [-0.4, -0.2) is 35.2 Å². The summed E-state index contributed by atoms with van der Waals surface area (Å²) in [6.07, 6.45) is 1.01. The number of hydrogen-bond donors (Lipinski definition) is 3. The van der Waals surface area contributed by atoms with E-state index in [2.05, 4.69) is 20.8 Å². The number of carbonyl (C=O) groups excluding carboxylic acids is 1. The molecule has 1 aliphatic heterocycles. The van der Waals surface area contributed by atoms with Crippen molar-refractivity contribution in [2.75, 3.05) is 18.4 Å². The van der Waals surface area contributed by atoms with Crippen molar-refractivity contribution in [2.24, 2.45) is 5.73 Å². The van der Waals surface area contributed by atoms with Gasteiger partial charge in [-0.1, -0.05) is 5.10 Å². The number of rotatable bonds is 4. The molecule has 2 rings (SSSR count). The number of hydrogen-bond acceptors (Lipinski definition) is 6. The van der Waals surface area contributed by atoms with Crippen molar-refractivity contribution >= 4 is 11.9 Å². The summed E-state index contributed by atoms with van der Waals surface area (Å²) < 4.78 is 5.27. The smallest absolute Gasteiger partial charge is 0.315 e. The molecule has 0 aliphatic carbocycles. The summed E-state index contributed by atoms with van der Waals surface area (Å²) in [4.78, 5) is 10.9. The summed E-state index contributed by atoms with van der Waals surface area (Å²) in [7, 11) is 0. The van der Waals surface area contributed by atoms with Crippen molar-refractivity contribution in [3.63, 3.8) is 0 Å². The van der Waals surface area contributed by atoms with E-state index in [9.17, 15) is 4.79 Å². The van der Waals surface area contributed by atoms with Crippen LogP contribution in [-0.2, 0) is 11.2 Å². The van der Waals surface area contributed by atoms with E-state index >= 15 is 0 Å². The van der Waals surface area contributed by atoms with Gasteiger partial charge in [0.15, 0.2) is 0 Å². The highest BCUT2D eigenvalue weighted by Crippen LogP contribution is 2.10. The Morgan fingerprint density at radius 1 is 1.60 bits per heavy atom. The van der Waals surface area contributed by atoms with Crippen molar-refractivity contribution in [2.45, 2.75) is 18.9 Å². The zero-order valence-electron chi connectivity index (χ0n) is 8.19. The molecule has 82 valence electrons. The molecule has 7 heteroatoms. The van der Waals surface area contributed by atoms with E-state index in [1.165, 1.54) is 0 Å². The first kappa shape index (κ1) is 9.91. The number of nitrogens with one attached hydrogen (secondary N) is 2. The minimum Gasteiger partial charge on any atom is -0.408 e. The molecular weight excluding hydrogens is 198 g/mol. The molecule has 7 nitrogen and oxygen atoms in total. The zero-order chi connectivity index (χ0) is 10.7. The van der Waals surface area contributed by atoms with Crippen LogP contribution in [0.2, 0.25) is 0 Å². The second-order valence-electron chi connectivity index (χ2n) is 3.39. The topological polar surface area (TPSA) is 106 Å². The third-order valence-corrected chi connectivity index (χ3v) is 2.13. The molecule has 0 bridgehead atoms. The molecule has 0 aromatic carbocycles. The lowest BCUT2D eigenvalue weighted by Crippen LogP contribution is -2.22. The molecule has 2 heterocycles. The third kappa shape index (κ3) is 2.44. The molecule has 0 spiro atoms. The van der Waals surface area contributed by atoms with Crippen molar-refractivity contribution in [3.8, 4) is 0 Å². The molecule has 0 radical (unpaired) electrons. The fourth-order valence-corrected chi connectivity index (χ4v) is 1.42. The van der Waals surface area contributed by atoms with E-state index in [-0.39, 0.29) is 11.9 Å². The molecule has 0 saturated carbocycles. The van der Waals surface area contributed by atoms with Crippen LogP contribution < -0.4 is 16.4 Å². The van der Waals surface area contributed by atoms with E-state index in [1.807, 2.05) is 0 Å². The standard InChI is InChI=1S/C8H13N5O2/c9-2-1-7-12-13-8(15-7)11-5-3-6(14)10-4-5/h5H,1-4,9H2,(H,10,14)(H,11,13). The molecule has 1 amide bonds. The molecule has 1 unspecified atom stereocenters. The Labute approximate surface area is 86.4 Å². The van der Waals surface area contributed by atoms with Gasteiger partial charge in [0.1, 0.15) is 0 Å². The van der Waals surface area contributed by atoms with Gasteiger partial charge in [0, 0.05) is 25.9 Å². The van der Waals surface area contributed by atoms with Gasteiger partial charge in [0.25, 0.3) is 0 Å². The van der Waals surface area contributed by atoms with Crippen molar-refractivity contribution < 1.29 is 9.21 Å². The number of amides is 1. The molecular formula is C8H13N5O2. The Bertz CT molecular complexity index is 351. The highest BCUT2D eigenvalue weighted by molar-refractivity contribution is 5.79. The average molecular weight is 211 g/mol. The van der Waals surface area contributed by atoms with E-state index in [0.717, 1.165) is 0 Å². The molecule has 1 saturated heterocycles. The average Bonchev–Trinajstić information content (AvgIpc) is 2.78. The second-order valence-corrected chi connectivity index (χ2v) is 3.39. The van der Waals surface area contributed by atoms with Crippen LogP contribution >= 0.6 is 0 Å². The largest absolute Gasteiger partial charge is 0.408 e. The van der Waals surface area contributed by atoms with Gasteiger partial charge in [-0.25, -0.2) is 0 Å². The predicted octanol–water partition coefficient (Wildman–Crippen LogP) is -1.13. The zero-order valence-corrected chi connectivity index (χ0v) is 8.19. The van der Waals surface area contributed by atoms with E-state index in [1.54, 1.807) is 0 Å². The van der Waals surface area contributed by atoms with Crippen LogP contribution in [0.1, 0.15) is 12.3 Å². The Kier molecular flexibility index (Phi) is 2.82. The monoisotopic (exact) mass is 211 g/mol. The summed E-state index contributed by atoms with van der Waals surface area (Å²) in [5, 5.41) is 13.3. The first-order valence-corrected chi connectivity index (χ1v) is 4.83. The number of aromatic nitrogens is 2. The van der Waals surface area contributed by atoms with Crippen LogP contribution in [0.4, 0.5) is 6.01 Å². The number of nitrogens with zero attached hydrogens (tertiary/aromatic N) is 2. The lowest BCUT2D eigenvalue weighted by atomic mass is 10.3. The number of anilines is 1. The molecule has 1 fully saturated rings. The van der Waals surface area contributed by atoms with Crippen molar-refractivity contribution in [1.82, 2.24) is 15.5 Å². The first-order valence-electron chi connectivity index (χ1n) is 4.83.